The molecule has 0 bridgehead atoms. The standard InChI is InChI=1S/C16H27N3/c1-13(2)11-17-12-14-7-5-9-18-15(14)19-10-6-8-16(19,3)4/h5,7,9,13,17H,6,8,10-12H2,1-4H3. The predicted octanol–water partition coefficient (Wildman–Crippen LogP) is 3.21. The minimum absolute atomic E-state index is 0.237. The third-order valence-corrected chi connectivity index (χ3v) is 3.89. The van der Waals surface area contributed by atoms with E-state index in [-0.39, 0.29) is 5.54 Å². The summed E-state index contributed by atoms with van der Waals surface area (Å²) in [6.45, 7) is 12.2. The highest BCUT2D eigenvalue weighted by molar-refractivity contribution is 5.50. The molecule has 1 saturated heterocycles. The number of nitrogens with one attached hydrogen (secondary N) is 1. The minimum Gasteiger partial charge on any atom is -0.351 e. The molecule has 106 valence electrons. The average Bonchev–Trinajstić information content (AvgIpc) is 2.69. The maximum Gasteiger partial charge on any atom is 0.133 e. The van der Waals surface area contributed by atoms with Crippen molar-refractivity contribution < 1.29 is 0 Å². The molecule has 1 aromatic rings. The normalized spacial score (nSPS) is 18.3. The Balaban J connectivity index is 2.12. The lowest BCUT2D eigenvalue weighted by Gasteiger charge is -2.34. The zero-order valence-corrected chi connectivity index (χ0v) is 12.7. The third-order valence-electron chi connectivity index (χ3n) is 3.89. The van der Waals surface area contributed by atoms with Gasteiger partial charge in [0, 0.05) is 30.4 Å². The van der Waals surface area contributed by atoms with Gasteiger partial charge >= 0.3 is 0 Å². The fourth-order valence-electron chi connectivity index (χ4n) is 2.81. The first kappa shape index (κ1) is 14.3. The van der Waals surface area contributed by atoms with Gasteiger partial charge in [0.1, 0.15) is 5.82 Å². The molecule has 1 aromatic heterocycles. The van der Waals surface area contributed by atoms with E-state index in [9.17, 15) is 0 Å². The Morgan fingerprint density at radius 3 is 2.84 bits per heavy atom. The molecule has 2 rings (SSSR count). The monoisotopic (exact) mass is 261 g/mol. The van der Waals surface area contributed by atoms with Crippen LogP contribution in [0.5, 0.6) is 0 Å². The Hall–Kier alpha value is -1.09. The lowest BCUT2D eigenvalue weighted by Crippen LogP contribution is -2.39. The van der Waals surface area contributed by atoms with Gasteiger partial charge in [-0.25, -0.2) is 4.98 Å². The molecule has 0 aromatic carbocycles. The predicted molar refractivity (Wildman–Crippen MR) is 81.4 cm³/mol. The van der Waals surface area contributed by atoms with Gasteiger partial charge in [0.2, 0.25) is 0 Å². The number of nitrogens with zero attached hydrogens (tertiary/aromatic N) is 2. The fourth-order valence-corrected chi connectivity index (χ4v) is 2.81. The maximum atomic E-state index is 4.64. The van der Waals surface area contributed by atoms with Crippen LogP contribution in [0.25, 0.3) is 0 Å². The van der Waals surface area contributed by atoms with E-state index >= 15 is 0 Å². The van der Waals surface area contributed by atoms with Crippen molar-refractivity contribution in [2.75, 3.05) is 18.0 Å². The first-order valence-corrected chi connectivity index (χ1v) is 7.43. The van der Waals surface area contributed by atoms with Gasteiger partial charge in [-0.1, -0.05) is 19.9 Å². The molecular weight excluding hydrogens is 234 g/mol. The van der Waals surface area contributed by atoms with Gasteiger partial charge < -0.3 is 10.2 Å². The number of pyridine rings is 1. The van der Waals surface area contributed by atoms with Crippen molar-refractivity contribution in [2.24, 2.45) is 5.92 Å². The van der Waals surface area contributed by atoms with Crippen molar-refractivity contribution in [3.8, 4) is 0 Å². The molecule has 0 amide bonds. The van der Waals surface area contributed by atoms with Crippen LogP contribution >= 0.6 is 0 Å². The lowest BCUT2D eigenvalue weighted by atomic mass is 10.0. The Morgan fingerprint density at radius 1 is 1.42 bits per heavy atom. The summed E-state index contributed by atoms with van der Waals surface area (Å²) in [7, 11) is 0. The number of anilines is 1. The molecule has 0 saturated carbocycles. The van der Waals surface area contributed by atoms with Crippen LogP contribution in [0.4, 0.5) is 5.82 Å². The Bertz CT molecular complexity index is 412. The summed E-state index contributed by atoms with van der Waals surface area (Å²) in [5.74, 6) is 1.85. The topological polar surface area (TPSA) is 28.2 Å². The van der Waals surface area contributed by atoms with Gasteiger partial charge in [-0.2, -0.15) is 0 Å². The molecule has 0 aliphatic carbocycles. The van der Waals surface area contributed by atoms with Crippen LogP contribution in [-0.4, -0.2) is 23.6 Å². The molecule has 2 heterocycles. The highest BCUT2D eigenvalue weighted by atomic mass is 15.3. The Morgan fingerprint density at radius 2 is 2.21 bits per heavy atom. The van der Waals surface area contributed by atoms with Gasteiger partial charge in [0.25, 0.3) is 0 Å². The highest BCUT2D eigenvalue weighted by Gasteiger charge is 2.33. The summed E-state index contributed by atoms with van der Waals surface area (Å²) < 4.78 is 0. The van der Waals surface area contributed by atoms with Crippen molar-refractivity contribution in [2.45, 2.75) is 52.6 Å². The largest absolute Gasteiger partial charge is 0.351 e. The van der Waals surface area contributed by atoms with Gasteiger partial charge in [0.15, 0.2) is 0 Å². The van der Waals surface area contributed by atoms with Crippen molar-refractivity contribution in [1.29, 1.82) is 0 Å². The Labute approximate surface area is 117 Å². The molecule has 0 unspecified atom stereocenters. The molecule has 1 fully saturated rings. The van der Waals surface area contributed by atoms with Crippen LogP contribution in [0.15, 0.2) is 18.3 Å². The van der Waals surface area contributed by atoms with Crippen LogP contribution in [0, 0.1) is 5.92 Å². The SMILES string of the molecule is CC(C)CNCc1cccnc1N1CCCC1(C)C. The summed E-state index contributed by atoms with van der Waals surface area (Å²) in [6, 6.07) is 4.24. The summed E-state index contributed by atoms with van der Waals surface area (Å²) in [4.78, 5) is 7.11. The van der Waals surface area contributed by atoms with E-state index in [4.69, 9.17) is 0 Å². The summed E-state index contributed by atoms with van der Waals surface area (Å²) >= 11 is 0. The molecular formula is C16H27N3. The quantitative estimate of drug-likeness (QED) is 0.882. The second kappa shape index (κ2) is 5.91. The zero-order chi connectivity index (χ0) is 13.9. The van der Waals surface area contributed by atoms with Crippen LogP contribution < -0.4 is 10.2 Å². The van der Waals surface area contributed by atoms with Crippen LogP contribution in [0.1, 0.15) is 46.1 Å². The molecule has 1 N–H and O–H groups in total. The molecule has 0 atom stereocenters. The van der Waals surface area contributed by atoms with E-state index in [2.05, 4.69) is 49.0 Å². The summed E-state index contributed by atoms with van der Waals surface area (Å²) in [5, 5.41) is 3.53. The summed E-state index contributed by atoms with van der Waals surface area (Å²) in [6.07, 6.45) is 4.43. The smallest absolute Gasteiger partial charge is 0.133 e. The fraction of sp³-hybridized carbons (Fsp3) is 0.688. The lowest BCUT2D eigenvalue weighted by molar-refractivity contribution is 0.509. The number of hydrogen-bond acceptors (Lipinski definition) is 3. The van der Waals surface area contributed by atoms with E-state index in [1.807, 2.05) is 12.3 Å². The summed E-state index contributed by atoms with van der Waals surface area (Å²) in [5.41, 5.74) is 1.55. The van der Waals surface area contributed by atoms with Crippen LogP contribution in [0.2, 0.25) is 0 Å². The van der Waals surface area contributed by atoms with E-state index in [1.165, 1.54) is 24.2 Å². The van der Waals surface area contributed by atoms with E-state index in [0.717, 1.165) is 19.6 Å². The molecule has 1 aliphatic heterocycles. The minimum atomic E-state index is 0.237. The zero-order valence-electron chi connectivity index (χ0n) is 12.7. The molecule has 3 heteroatoms. The first-order valence-electron chi connectivity index (χ1n) is 7.43. The molecule has 19 heavy (non-hydrogen) atoms. The van der Waals surface area contributed by atoms with Gasteiger partial charge in [-0.05, 0) is 45.2 Å². The van der Waals surface area contributed by atoms with Crippen molar-refractivity contribution in [3.05, 3.63) is 23.9 Å². The molecule has 0 radical (unpaired) electrons. The third kappa shape index (κ3) is 3.47. The van der Waals surface area contributed by atoms with Gasteiger partial charge in [-0.3, -0.25) is 0 Å². The molecule has 0 spiro atoms. The van der Waals surface area contributed by atoms with Gasteiger partial charge in [0.05, 0.1) is 0 Å². The second-order valence-corrected chi connectivity index (χ2v) is 6.58. The van der Waals surface area contributed by atoms with E-state index in [1.54, 1.807) is 0 Å². The van der Waals surface area contributed by atoms with E-state index < -0.39 is 0 Å². The van der Waals surface area contributed by atoms with E-state index in [0.29, 0.717) is 5.92 Å². The van der Waals surface area contributed by atoms with Gasteiger partial charge in [-0.15, -0.1) is 0 Å². The maximum absolute atomic E-state index is 4.64. The van der Waals surface area contributed by atoms with Crippen molar-refractivity contribution in [1.82, 2.24) is 10.3 Å². The second-order valence-electron chi connectivity index (χ2n) is 6.58. The number of aromatic nitrogens is 1. The number of hydrogen-bond donors (Lipinski definition) is 1. The highest BCUT2D eigenvalue weighted by Crippen LogP contribution is 2.33. The number of rotatable bonds is 5. The van der Waals surface area contributed by atoms with Crippen LogP contribution in [0.3, 0.4) is 0 Å². The molecule has 1 aliphatic rings. The first-order chi connectivity index (χ1) is 9.00. The molecule has 3 nitrogen and oxygen atoms in total. The van der Waals surface area contributed by atoms with Crippen molar-refractivity contribution >= 4 is 5.82 Å². The van der Waals surface area contributed by atoms with Crippen LogP contribution in [-0.2, 0) is 6.54 Å². The van der Waals surface area contributed by atoms with Crippen molar-refractivity contribution in [3.63, 3.8) is 0 Å². The average molecular weight is 261 g/mol. The Kier molecular flexibility index (Phi) is 4.46.